The van der Waals surface area contributed by atoms with Crippen molar-refractivity contribution in [3.63, 3.8) is 0 Å². The number of hydrogen-bond donors (Lipinski definition) is 3. The van der Waals surface area contributed by atoms with E-state index in [2.05, 4.69) is 5.32 Å². The molecule has 0 saturated carbocycles. The lowest BCUT2D eigenvalue weighted by Gasteiger charge is -2.19. The average Bonchev–Trinajstić information content (AvgIpc) is 2.29. The number of hydrogen-bond acceptors (Lipinski definition) is 6. The van der Waals surface area contributed by atoms with Crippen LogP contribution in [0.5, 0.6) is 0 Å². The van der Waals surface area contributed by atoms with Gasteiger partial charge in [0.1, 0.15) is 11.6 Å². The molecule has 0 aliphatic rings. The van der Waals surface area contributed by atoms with Gasteiger partial charge in [0.15, 0.2) is 0 Å². The smallest absolute Gasteiger partial charge is 0.407 e. The molecule has 0 rings (SSSR count). The highest BCUT2D eigenvalue weighted by atomic mass is 16.6. The zero-order chi connectivity index (χ0) is 15.6. The van der Waals surface area contributed by atoms with Gasteiger partial charge in [-0.3, -0.25) is 4.79 Å². The highest BCUT2D eigenvalue weighted by Crippen LogP contribution is 2.05. The number of ether oxygens (including phenoxy) is 3. The van der Waals surface area contributed by atoms with Crippen LogP contribution < -0.4 is 11.1 Å². The Bertz CT molecular complexity index is 303. The second-order valence-electron chi connectivity index (χ2n) is 5.06. The van der Waals surface area contributed by atoms with Crippen LogP contribution in [-0.2, 0) is 19.0 Å². The van der Waals surface area contributed by atoms with Crippen molar-refractivity contribution in [3.05, 3.63) is 0 Å². The van der Waals surface area contributed by atoms with Gasteiger partial charge in [-0.2, -0.15) is 0 Å². The maximum Gasteiger partial charge on any atom is 0.407 e. The third-order valence-electron chi connectivity index (χ3n) is 1.90. The highest BCUT2D eigenvalue weighted by molar-refractivity contribution is 5.73. The molecule has 0 spiro atoms. The Hall–Kier alpha value is -1.38. The Balaban J connectivity index is 3.37. The molecule has 0 aromatic rings. The Kier molecular flexibility index (Phi) is 8.86. The largest absolute Gasteiger partial charge is 0.480 e. The summed E-state index contributed by atoms with van der Waals surface area (Å²) in [5.74, 6) is -1.10. The lowest BCUT2D eigenvalue weighted by Crippen LogP contribution is -2.35. The number of carbonyl (C=O) groups excluding carboxylic acids is 1. The Labute approximate surface area is 118 Å². The van der Waals surface area contributed by atoms with Crippen LogP contribution in [0.4, 0.5) is 4.79 Å². The normalized spacial score (nSPS) is 12.8. The lowest BCUT2D eigenvalue weighted by atomic mass is 10.2. The maximum absolute atomic E-state index is 11.2. The molecule has 0 fully saturated rings. The molecule has 0 unspecified atom stereocenters. The molecular weight excluding hydrogens is 268 g/mol. The summed E-state index contributed by atoms with van der Waals surface area (Å²) in [6.07, 6.45) is -0.496. The van der Waals surface area contributed by atoms with Gasteiger partial charge in [0.05, 0.1) is 26.4 Å². The molecule has 0 saturated heterocycles. The minimum Gasteiger partial charge on any atom is -0.480 e. The Morgan fingerprint density at radius 1 is 1.20 bits per heavy atom. The second kappa shape index (κ2) is 9.51. The molecule has 1 amide bonds. The molecule has 8 heteroatoms. The molecular formula is C12H24N2O6. The molecule has 8 nitrogen and oxygen atoms in total. The van der Waals surface area contributed by atoms with Crippen LogP contribution in [0.15, 0.2) is 0 Å². The summed E-state index contributed by atoms with van der Waals surface area (Å²) < 4.78 is 15.2. The van der Waals surface area contributed by atoms with Gasteiger partial charge in [-0.25, -0.2) is 4.79 Å². The number of amides is 1. The molecule has 1 atom stereocenters. The van der Waals surface area contributed by atoms with Crippen LogP contribution in [0.2, 0.25) is 0 Å². The van der Waals surface area contributed by atoms with E-state index in [-0.39, 0.29) is 13.2 Å². The van der Waals surface area contributed by atoms with Gasteiger partial charge in [0, 0.05) is 6.54 Å². The van der Waals surface area contributed by atoms with Gasteiger partial charge < -0.3 is 30.4 Å². The van der Waals surface area contributed by atoms with E-state index in [0.29, 0.717) is 19.8 Å². The van der Waals surface area contributed by atoms with Gasteiger partial charge in [-0.15, -0.1) is 0 Å². The molecule has 0 heterocycles. The van der Waals surface area contributed by atoms with E-state index in [0.717, 1.165) is 0 Å². The van der Waals surface area contributed by atoms with Crippen molar-refractivity contribution >= 4 is 12.1 Å². The number of alkyl carbamates (subject to hydrolysis) is 1. The zero-order valence-corrected chi connectivity index (χ0v) is 12.2. The predicted octanol–water partition coefficient (Wildman–Crippen LogP) is -0.0438. The van der Waals surface area contributed by atoms with E-state index in [9.17, 15) is 9.59 Å². The molecule has 20 heavy (non-hydrogen) atoms. The number of nitrogens with one attached hydrogen (secondary N) is 1. The van der Waals surface area contributed by atoms with Crippen LogP contribution in [-0.4, -0.2) is 61.8 Å². The van der Waals surface area contributed by atoms with Crippen LogP contribution in [0.3, 0.4) is 0 Å². The second-order valence-corrected chi connectivity index (χ2v) is 5.06. The number of carboxylic acids is 1. The highest BCUT2D eigenvalue weighted by Gasteiger charge is 2.15. The fourth-order valence-corrected chi connectivity index (χ4v) is 1.04. The van der Waals surface area contributed by atoms with Crippen LogP contribution >= 0.6 is 0 Å². The van der Waals surface area contributed by atoms with E-state index in [1.807, 2.05) is 0 Å². The van der Waals surface area contributed by atoms with Crippen molar-refractivity contribution in [2.45, 2.75) is 32.4 Å². The summed E-state index contributed by atoms with van der Waals surface area (Å²) in [5, 5.41) is 11.0. The molecule has 0 aliphatic carbocycles. The number of nitrogens with two attached hydrogens (primary N) is 1. The number of carboxylic acid groups (broad SMARTS) is 1. The predicted molar refractivity (Wildman–Crippen MR) is 71.5 cm³/mol. The van der Waals surface area contributed by atoms with E-state index >= 15 is 0 Å². The van der Waals surface area contributed by atoms with Crippen molar-refractivity contribution in [1.82, 2.24) is 5.32 Å². The average molecular weight is 292 g/mol. The standard InChI is InChI=1S/C12H24N2O6/c1-12(2,3)20-11(17)14-4-5-18-6-7-19-8-9(13)10(15)16/h9H,4-8,13H2,1-3H3,(H,14,17)(H,15,16)/t9-/m0/s1. The topological polar surface area (TPSA) is 120 Å². The first kappa shape index (κ1) is 18.6. The van der Waals surface area contributed by atoms with Gasteiger partial charge >= 0.3 is 12.1 Å². The third-order valence-corrected chi connectivity index (χ3v) is 1.90. The van der Waals surface area contributed by atoms with Crippen molar-refractivity contribution in [2.24, 2.45) is 5.73 Å². The number of carbonyl (C=O) groups is 2. The Morgan fingerprint density at radius 3 is 2.35 bits per heavy atom. The number of aliphatic carboxylic acids is 1. The summed E-state index contributed by atoms with van der Waals surface area (Å²) in [6.45, 7) is 6.45. The maximum atomic E-state index is 11.2. The van der Waals surface area contributed by atoms with Crippen molar-refractivity contribution in [1.29, 1.82) is 0 Å². The summed E-state index contributed by atoms with van der Waals surface area (Å²) in [7, 11) is 0. The molecule has 0 aromatic heterocycles. The number of rotatable bonds is 9. The molecule has 0 bridgehead atoms. The monoisotopic (exact) mass is 292 g/mol. The molecule has 0 radical (unpaired) electrons. The Morgan fingerprint density at radius 2 is 1.80 bits per heavy atom. The zero-order valence-electron chi connectivity index (χ0n) is 12.2. The van der Waals surface area contributed by atoms with Crippen LogP contribution in [0, 0.1) is 0 Å². The van der Waals surface area contributed by atoms with Gasteiger partial charge in [0.2, 0.25) is 0 Å². The van der Waals surface area contributed by atoms with Crippen LogP contribution in [0.25, 0.3) is 0 Å². The minimum atomic E-state index is -1.10. The first-order valence-corrected chi connectivity index (χ1v) is 6.33. The van der Waals surface area contributed by atoms with E-state index in [1.165, 1.54) is 0 Å². The summed E-state index contributed by atoms with van der Waals surface area (Å²) in [5.41, 5.74) is 4.71. The van der Waals surface area contributed by atoms with Crippen molar-refractivity contribution in [2.75, 3.05) is 33.0 Å². The van der Waals surface area contributed by atoms with Crippen molar-refractivity contribution in [3.8, 4) is 0 Å². The fraction of sp³-hybridized carbons (Fsp3) is 0.833. The third kappa shape index (κ3) is 11.7. The lowest BCUT2D eigenvalue weighted by molar-refractivity contribution is -0.140. The van der Waals surface area contributed by atoms with E-state index in [1.54, 1.807) is 20.8 Å². The van der Waals surface area contributed by atoms with Gasteiger partial charge in [0.25, 0.3) is 0 Å². The molecule has 0 aromatic carbocycles. The van der Waals surface area contributed by atoms with Crippen molar-refractivity contribution < 1.29 is 28.9 Å². The summed E-state index contributed by atoms with van der Waals surface area (Å²) in [4.78, 5) is 21.6. The minimum absolute atomic E-state index is 0.0607. The first-order chi connectivity index (χ1) is 9.22. The van der Waals surface area contributed by atoms with E-state index < -0.39 is 23.7 Å². The van der Waals surface area contributed by atoms with Gasteiger partial charge in [-0.1, -0.05) is 0 Å². The SMILES string of the molecule is CC(C)(C)OC(=O)NCCOCCOC[C@H](N)C(=O)O. The quantitative estimate of drug-likeness (QED) is 0.510. The molecule has 4 N–H and O–H groups in total. The molecule has 0 aliphatic heterocycles. The summed E-state index contributed by atoms with van der Waals surface area (Å²) in [6, 6.07) is -1.02. The van der Waals surface area contributed by atoms with E-state index in [4.69, 9.17) is 25.1 Å². The fourth-order valence-electron chi connectivity index (χ4n) is 1.04. The first-order valence-electron chi connectivity index (χ1n) is 6.33. The van der Waals surface area contributed by atoms with Gasteiger partial charge in [-0.05, 0) is 20.8 Å². The summed E-state index contributed by atoms with van der Waals surface area (Å²) >= 11 is 0. The molecule has 118 valence electrons. The van der Waals surface area contributed by atoms with Crippen LogP contribution in [0.1, 0.15) is 20.8 Å².